The second kappa shape index (κ2) is 4.51. The number of ether oxygens (including phenoxy) is 1. The Morgan fingerprint density at radius 1 is 1.39 bits per heavy atom. The molecule has 2 heterocycles. The molecule has 0 radical (unpaired) electrons. The van der Waals surface area contributed by atoms with Crippen molar-refractivity contribution in [2.75, 3.05) is 20.1 Å². The molecule has 1 aromatic rings. The summed E-state index contributed by atoms with van der Waals surface area (Å²) in [7, 11) is 2.17. The van der Waals surface area contributed by atoms with Crippen LogP contribution < -0.4 is 10.5 Å². The molecule has 18 heavy (non-hydrogen) atoms. The lowest BCUT2D eigenvalue weighted by molar-refractivity contribution is -0.0164. The van der Waals surface area contributed by atoms with Gasteiger partial charge in [-0.2, -0.15) is 0 Å². The summed E-state index contributed by atoms with van der Waals surface area (Å²) in [6, 6.07) is 6.24. The summed E-state index contributed by atoms with van der Waals surface area (Å²) in [6.07, 6.45) is 3.09. The molecular weight excluding hydrogens is 292 g/mol. The molecule has 2 N–H and O–H groups in total. The molecule has 98 valence electrons. The van der Waals surface area contributed by atoms with E-state index in [1.54, 1.807) is 0 Å². The summed E-state index contributed by atoms with van der Waals surface area (Å²) in [5.41, 5.74) is 7.44. The summed E-state index contributed by atoms with van der Waals surface area (Å²) in [5, 5.41) is 0. The predicted molar refractivity (Wildman–Crippen MR) is 75.8 cm³/mol. The second-order valence-electron chi connectivity index (χ2n) is 5.58. The Bertz CT molecular complexity index is 455. The molecule has 3 rings (SSSR count). The van der Waals surface area contributed by atoms with Crippen molar-refractivity contribution in [3.05, 3.63) is 28.2 Å². The molecule has 1 spiro atoms. The Morgan fingerprint density at radius 3 is 2.83 bits per heavy atom. The normalized spacial score (nSPS) is 26.7. The van der Waals surface area contributed by atoms with Crippen molar-refractivity contribution >= 4 is 15.9 Å². The molecule has 1 saturated heterocycles. The van der Waals surface area contributed by atoms with E-state index in [9.17, 15) is 0 Å². The SMILES string of the molecule is CN1CCC2(CC1)C[C@H](N)c1cc(Br)ccc1O2. The minimum atomic E-state index is -0.0350. The molecule has 2 aliphatic rings. The third-order valence-electron chi connectivity index (χ3n) is 4.19. The highest BCUT2D eigenvalue weighted by Gasteiger charge is 2.41. The molecule has 1 atom stereocenters. The van der Waals surface area contributed by atoms with E-state index >= 15 is 0 Å². The molecule has 4 heteroatoms. The Hall–Kier alpha value is -0.580. The number of likely N-dealkylation sites (tertiary alicyclic amines) is 1. The first-order valence-corrected chi connectivity index (χ1v) is 7.30. The molecule has 0 aliphatic carbocycles. The number of benzene rings is 1. The van der Waals surface area contributed by atoms with Crippen LogP contribution in [-0.2, 0) is 0 Å². The first-order valence-electron chi connectivity index (χ1n) is 6.51. The van der Waals surface area contributed by atoms with E-state index in [2.05, 4.69) is 33.9 Å². The Labute approximate surface area is 116 Å². The fraction of sp³-hybridized carbons (Fsp3) is 0.571. The zero-order chi connectivity index (χ0) is 12.8. The number of nitrogens with two attached hydrogens (primary N) is 1. The van der Waals surface area contributed by atoms with Crippen LogP contribution in [0.25, 0.3) is 0 Å². The van der Waals surface area contributed by atoms with Crippen molar-refractivity contribution in [3.63, 3.8) is 0 Å². The maximum Gasteiger partial charge on any atom is 0.124 e. The molecule has 1 aromatic carbocycles. The highest BCUT2D eigenvalue weighted by atomic mass is 79.9. The van der Waals surface area contributed by atoms with Crippen molar-refractivity contribution in [1.82, 2.24) is 4.90 Å². The van der Waals surface area contributed by atoms with E-state index in [1.807, 2.05) is 12.1 Å². The maximum atomic E-state index is 6.34. The standard InChI is InChI=1S/C14H19BrN2O/c1-17-6-4-14(5-7-17)9-12(16)11-8-10(15)2-3-13(11)18-14/h2-3,8,12H,4-7,9,16H2,1H3/t12-/m0/s1. The predicted octanol–water partition coefficient (Wildman–Crippen LogP) is 2.70. The van der Waals surface area contributed by atoms with Gasteiger partial charge in [-0.3, -0.25) is 0 Å². The van der Waals surface area contributed by atoms with Gasteiger partial charge in [-0.15, -0.1) is 0 Å². The first-order chi connectivity index (χ1) is 8.58. The van der Waals surface area contributed by atoms with Crippen LogP contribution in [0.4, 0.5) is 0 Å². The highest BCUT2D eigenvalue weighted by molar-refractivity contribution is 9.10. The topological polar surface area (TPSA) is 38.5 Å². The van der Waals surface area contributed by atoms with Gasteiger partial charge in [-0.25, -0.2) is 0 Å². The van der Waals surface area contributed by atoms with Gasteiger partial charge in [0.1, 0.15) is 11.4 Å². The van der Waals surface area contributed by atoms with Crippen LogP contribution >= 0.6 is 15.9 Å². The van der Waals surface area contributed by atoms with Gasteiger partial charge in [0, 0.05) is 35.6 Å². The van der Waals surface area contributed by atoms with E-state index in [-0.39, 0.29) is 11.6 Å². The van der Waals surface area contributed by atoms with Crippen LogP contribution in [0.2, 0.25) is 0 Å². The summed E-state index contributed by atoms with van der Waals surface area (Å²) < 4.78 is 7.38. The van der Waals surface area contributed by atoms with Crippen molar-refractivity contribution < 1.29 is 4.74 Å². The van der Waals surface area contributed by atoms with E-state index in [1.165, 1.54) is 0 Å². The number of hydrogen-bond donors (Lipinski definition) is 1. The fourth-order valence-electron chi connectivity index (χ4n) is 3.02. The smallest absolute Gasteiger partial charge is 0.124 e. The highest BCUT2D eigenvalue weighted by Crippen LogP contribution is 2.43. The van der Waals surface area contributed by atoms with E-state index < -0.39 is 0 Å². The minimum absolute atomic E-state index is 0.0350. The average molecular weight is 311 g/mol. The van der Waals surface area contributed by atoms with Crippen LogP contribution in [0, 0.1) is 0 Å². The second-order valence-corrected chi connectivity index (χ2v) is 6.50. The van der Waals surface area contributed by atoms with Gasteiger partial charge in [-0.05, 0) is 38.1 Å². The molecule has 1 fully saturated rings. The number of rotatable bonds is 0. The summed E-state index contributed by atoms with van der Waals surface area (Å²) >= 11 is 3.50. The number of halogens is 1. The number of nitrogens with zero attached hydrogens (tertiary/aromatic N) is 1. The summed E-state index contributed by atoms with van der Waals surface area (Å²) in [6.45, 7) is 2.19. The minimum Gasteiger partial charge on any atom is -0.487 e. The molecular formula is C14H19BrN2O. The van der Waals surface area contributed by atoms with Gasteiger partial charge in [0.05, 0.1) is 0 Å². The lowest BCUT2D eigenvalue weighted by Gasteiger charge is -2.45. The van der Waals surface area contributed by atoms with Crippen LogP contribution in [0.15, 0.2) is 22.7 Å². The number of fused-ring (bicyclic) bond motifs is 1. The molecule has 3 nitrogen and oxygen atoms in total. The van der Waals surface area contributed by atoms with Crippen LogP contribution in [0.5, 0.6) is 5.75 Å². The zero-order valence-electron chi connectivity index (χ0n) is 10.7. The maximum absolute atomic E-state index is 6.34. The number of piperidine rings is 1. The van der Waals surface area contributed by atoms with Crippen molar-refractivity contribution in [2.24, 2.45) is 5.73 Å². The Kier molecular flexibility index (Phi) is 3.12. The van der Waals surface area contributed by atoms with Crippen molar-refractivity contribution in [3.8, 4) is 5.75 Å². The van der Waals surface area contributed by atoms with Crippen molar-refractivity contribution in [2.45, 2.75) is 30.9 Å². The van der Waals surface area contributed by atoms with Gasteiger partial charge < -0.3 is 15.4 Å². The monoisotopic (exact) mass is 310 g/mol. The number of hydrogen-bond acceptors (Lipinski definition) is 3. The van der Waals surface area contributed by atoms with Crippen LogP contribution in [-0.4, -0.2) is 30.6 Å². The fourth-order valence-corrected chi connectivity index (χ4v) is 3.40. The van der Waals surface area contributed by atoms with Crippen molar-refractivity contribution in [1.29, 1.82) is 0 Å². The van der Waals surface area contributed by atoms with Crippen LogP contribution in [0.3, 0.4) is 0 Å². The van der Waals surface area contributed by atoms with Gasteiger partial charge in [-0.1, -0.05) is 15.9 Å². The molecule has 0 aromatic heterocycles. The first kappa shape index (κ1) is 12.5. The van der Waals surface area contributed by atoms with Gasteiger partial charge in [0.2, 0.25) is 0 Å². The lowest BCUT2D eigenvalue weighted by atomic mass is 9.81. The third-order valence-corrected chi connectivity index (χ3v) is 4.68. The molecule has 0 amide bonds. The van der Waals surface area contributed by atoms with E-state index in [4.69, 9.17) is 10.5 Å². The largest absolute Gasteiger partial charge is 0.487 e. The van der Waals surface area contributed by atoms with E-state index in [0.717, 1.165) is 48.1 Å². The Morgan fingerprint density at radius 2 is 2.11 bits per heavy atom. The molecule has 0 bridgehead atoms. The summed E-state index contributed by atoms with van der Waals surface area (Å²) in [4.78, 5) is 2.36. The lowest BCUT2D eigenvalue weighted by Crippen LogP contribution is -2.50. The third kappa shape index (κ3) is 2.17. The Balaban J connectivity index is 1.89. The van der Waals surface area contributed by atoms with Gasteiger partial charge in [0.15, 0.2) is 0 Å². The van der Waals surface area contributed by atoms with Gasteiger partial charge >= 0.3 is 0 Å². The molecule has 2 aliphatic heterocycles. The molecule has 0 unspecified atom stereocenters. The van der Waals surface area contributed by atoms with Crippen LogP contribution in [0.1, 0.15) is 30.9 Å². The molecule has 0 saturated carbocycles. The van der Waals surface area contributed by atoms with Gasteiger partial charge in [0.25, 0.3) is 0 Å². The zero-order valence-corrected chi connectivity index (χ0v) is 12.2. The van der Waals surface area contributed by atoms with E-state index in [0.29, 0.717) is 0 Å². The quantitative estimate of drug-likeness (QED) is 0.800. The average Bonchev–Trinajstić information content (AvgIpc) is 2.35. The summed E-state index contributed by atoms with van der Waals surface area (Å²) in [5.74, 6) is 0.974.